The van der Waals surface area contributed by atoms with Crippen molar-refractivity contribution in [2.24, 2.45) is 4.99 Å². The molecule has 3 atom stereocenters. The minimum atomic E-state index is -0.947. The van der Waals surface area contributed by atoms with E-state index in [0.29, 0.717) is 18.9 Å². The zero-order valence-corrected chi connectivity index (χ0v) is 16.9. The Balaban J connectivity index is 1.53. The van der Waals surface area contributed by atoms with Gasteiger partial charge < -0.3 is 29.0 Å². The summed E-state index contributed by atoms with van der Waals surface area (Å²) in [6, 6.07) is 12.4. The summed E-state index contributed by atoms with van der Waals surface area (Å²) in [6.45, 7) is 0.796. The lowest BCUT2D eigenvalue weighted by atomic mass is 10.1. The fraction of sp³-hybridized carbons (Fsp3) is 0.304. The van der Waals surface area contributed by atoms with Crippen LogP contribution in [0.1, 0.15) is 27.9 Å². The van der Waals surface area contributed by atoms with Crippen LogP contribution in [0.4, 0.5) is 0 Å². The molecule has 2 aliphatic rings. The summed E-state index contributed by atoms with van der Waals surface area (Å²) in [7, 11) is 1.62. The molecule has 0 radical (unpaired) electrons. The van der Waals surface area contributed by atoms with Gasteiger partial charge in [0, 0.05) is 30.1 Å². The van der Waals surface area contributed by atoms with Gasteiger partial charge in [0.2, 0.25) is 12.2 Å². The van der Waals surface area contributed by atoms with Gasteiger partial charge in [-0.25, -0.2) is 9.79 Å². The number of carboxylic acids is 1. The summed E-state index contributed by atoms with van der Waals surface area (Å²) in [5, 5.41) is 19.9. The minimum absolute atomic E-state index is 0.230. The maximum Gasteiger partial charge on any atom is 0.335 e. The SMILES string of the molecule is COc1ccc2c(c1)c(C1=N[C@@H]3C[C@H](O)CO[C@@H]3O1)cn2Cc1ccc(C(=O)O)cc1. The second-order valence-corrected chi connectivity index (χ2v) is 7.77. The third kappa shape index (κ3) is 3.64. The molecule has 3 heterocycles. The molecule has 0 bridgehead atoms. The number of carbonyl (C=O) groups is 1. The Morgan fingerprint density at radius 1 is 1.26 bits per heavy atom. The molecule has 0 aliphatic carbocycles. The van der Waals surface area contributed by atoms with Crippen molar-refractivity contribution in [3.8, 4) is 5.75 Å². The van der Waals surface area contributed by atoms with E-state index in [1.165, 1.54) is 0 Å². The first kappa shape index (κ1) is 19.6. The summed E-state index contributed by atoms with van der Waals surface area (Å²) < 4.78 is 19.1. The number of aromatic carboxylic acids is 1. The Labute approximate surface area is 178 Å². The molecule has 8 nitrogen and oxygen atoms in total. The molecule has 1 fully saturated rings. The van der Waals surface area contributed by atoms with Crippen LogP contribution in [0.2, 0.25) is 0 Å². The summed E-state index contributed by atoms with van der Waals surface area (Å²) in [6.07, 6.45) is 1.46. The van der Waals surface area contributed by atoms with E-state index in [0.717, 1.165) is 27.8 Å². The van der Waals surface area contributed by atoms with E-state index < -0.39 is 18.4 Å². The molecule has 3 aromatic rings. The molecule has 0 spiro atoms. The van der Waals surface area contributed by atoms with E-state index >= 15 is 0 Å². The van der Waals surface area contributed by atoms with Crippen LogP contribution in [-0.4, -0.2) is 58.8 Å². The van der Waals surface area contributed by atoms with Crippen molar-refractivity contribution in [3.05, 3.63) is 65.4 Å². The number of aliphatic hydroxyl groups is 1. The van der Waals surface area contributed by atoms with Crippen LogP contribution in [0, 0.1) is 0 Å². The average Bonchev–Trinajstić information content (AvgIpc) is 3.34. The van der Waals surface area contributed by atoms with Crippen LogP contribution in [0.3, 0.4) is 0 Å². The highest BCUT2D eigenvalue weighted by molar-refractivity contribution is 6.08. The van der Waals surface area contributed by atoms with Gasteiger partial charge in [0.1, 0.15) is 11.8 Å². The van der Waals surface area contributed by atoms with Crippen molar-refractivity contribution < 1.29 is 29.2 Å². The third-order valence-electron chi connectivity index (χ3n) is 5.66. The van der Waals surface area contributed by atoms with Crippen LogP contribution in [0.25, 0.3) is 10.9 Å². The molecule has 2 N–H and O–H groups in total. The molecule has 0 amide bonds. The number of carboxylic acid groups (broad SMARTS) is 1. The average molecular weight is 422 g/mol. The molecule has 1 saturated heterocycles. The lowest BCUT2D eigenvalue weighted by Gasteiger charge is -2.26. The highest BCUT2D eigenvalue weighted by Crippen LogP contribution is 2.32. The molecule has 0 saturated carbocycles. The molecule has 31 heavy (non-hydrogen) atoms. The molecule has 5 rings (SSSR count). The van der Waals surface area contributed by atoms with Crippen LogP contribution in [-0.2, 0) is 16.0 Å². The van der Waals surface area contributed by atoms with Crippen LogP contribution < -0.4 is 4.74 Å². The van der Waals surface area contributed by atoms with E-state index in [9.17, 15) is 9.90 Å². The van der Waals surface area contributed by atoms with Crippen molar-refractivity contribution in [2.75, 3.05) is 13.7 Å². The topological polar surface area (TPSA) is 103 Å². The van der Waals surface area contributed by atoms with E-state index in [-0.39, 0.29) is 18.2 Å². The van der Waals surface area contributed by atoms with Crippen molar-refractivity contribution in [2.45, 2.75) is 31.4 Å². The number of aliphatic hydroxyl groups excluding tert-OH is 1. The molecular weight excluding hydrogens is 400 g/mol. The van der Waals surface area contributed by atoms with Gasteiger partial charge in [-0.05, 0) is 35.9 Å². The van der Waals surface area contributed by atoms with Gasteiger partial charge in [0.25, 0.3) is 0 Å². The highest BCUT2D eigenvalue weighted by atomic mass is 16.7. The largest absolute Gasteiger partial charge is 0.497 e. The maximum atomic E-state index is 11.1. The smallest absolute Gasteiger partial charge is 0.335 e. The molecule has 8 heteroatoms. The van der Waals surface area contributed by atoms with Gasteiger partial charge in [-0.15, -0.1) is 0 Å². The number of hydrogen-bond donors (Lipinski definition) is 2. The standard InChI is InChI=1S/C23H22N2O6/c1-29-16-6-7-20-17(9-16)18(21-24-19-8-15(26)12-30-23(19)31-21)11-25(20)10-13-2-4-14(5-3-13)22(27)28/h2-7,9,11,15,19,23,26H,8,10,12H2,1H3,(H,27,28)/t15-,19+,23+/m0/s1. The van der Waals surface area contributed by atoms with Gasteiger partial charge in [-0.3, -0.25) is 0 Å². The highest BCUT2D eigenvalue weighted by Gasteiger charge is 2.38. The van der Waals surface area contributed by atoms with Gasteiger partial charge in [0.05, 0.1) is 30.9 Å². The van der Waals surface area contributed by atoms with Crippen molar-refractivity contribution in [3.63, 3.8) is 0 Å². The van der Waals surface area contributed by atoms with Gasteiger partial charge in [-0.1, -0.05) is 12.1 Å². The van der Waals surface area contributed by atoms with E-state index in [4.69, 9.17) is 19.3 Å². The number of benzene rings is 2. The second kappa shape index (κ2) is 7.72. The molecule has 1 aromatic heterocycles. The second-order valence-electron chi connectivity index (χ2n) is 7.77. The Hall–Kier alpha value is -3.36. The lowest BCUT2D eigenvalue weighted by Crippen LogP contribution is -2.38. The Morgan fingerprint density at radius 2 is 2.06 bits per heavy atom. The maximum absolute atomic E-state index is 11.1. The number of ether oxygens (including phenoxy) is 3. The Morgan fingerprint density at radius 3 is 2.81 bits per heavy atom. The van der Waals surface area contributed by atoms with Crippen LogP contribution >= 0.6 is 0 Å². The normalized spacial score (nSPS) is 22.6. The number of nitrogens with zero attached hydrogens (tertiary/aromatic N) is 2. The fourth-order valence-electron chi connectivity index (χ4n) is 4.08. The van der Waals surface area contributed by atoms with Crippen molar-refractivity contribution in [1.29, 1.82) is 0 Å². The number of fused-ring (bicyclic) bond motifs is 2. The van der Waals surface area contributed by atoms with E-state index in [2.05, 4.69) is 9.56 Å². The van der Waals surface area contributed by atoms with E-state index in [1.54, 1.807) is 19.2 Å². The van der Waals surface area contributed by atoms with E-state index in [1.807, 2.05) is 36.5 Å². The van der Waals surface area contributed by atoms with Crippen LogP contribution in [0.15, 0.2) is 53.7 Å². The monoisotopic (exact) mass is 422 g/mol. The zero-order chi connectivity index (χ0) is 21.5. The summed E-state index contributed by atoms with van der Waals surface area (Å²) >= 11 is 0. The predicted octanol–water partition coefficient (Wildman–Crippen LogP) is 2.65. The number of methoxy groups -OCH3 is 1. The Kier molecular flexibility index (Phi) is 4.88. The lowest BCUT2D eigenvalue weighted by molar-refractivity contribution is -0.145. The molecular formula is C23H22N2O6. The van der Waals surface area contributed by atoms with Gasteiger partial charge in [-0.2, -0.15) is 0 Å². The molecule has 0 unspecified atom stereocenters. The summed E-state index contributed by atoms with van der Waals surface area (Å²) in [5.41, 5.74) is 3.02. The first-order valence-corrected chi connectivity index (χ1v) is 10.1. The van der Waals surface area contributed by atoms with Crippen molar-refractivity contribution in [1.82, 2.24) is 4.57 Å². The van der Waals surface area contributed by atoms with Crippen molar-refractivity contribution >= 4 is 22.8 Å². The number of aromatic nitrogens is 1. The Bertz CT molecular complexity index is 1170. The van der Waals surface area contributed by atoms with Gasteiger partial charge >= 0.3 is 5.97 Å². The number of rotatable bonds is 5. The third-order valence-corrected chi connectivity index (χ3v) is 5.66. The first-order valence-electron chi connectivity index (χ1n) is 10.1. The molecule has 160 valence electrons. The minimum Gasteiger partial charge on any atom is -0.497 e. The summed E-state index contributed by atoms with van der Waals surface area (Å²) in [5.74, 6) is 0.264. The van der Waals surface area contributed by atoms with Gasteiger partial charge in [0.15, 0.2) is 0 Å². The molecule has 2 aromatic carbocycles. The number of aliphatic imine (C=N–C) groups is 1. The first-order chi connectivity index (χ1) is 15.0. The summed E-state index contributed by atoms with van der Waals surface area (Å²) in [4.78, 5) is 15.8. The fourth-order valence-corrected chi connectivity index (χ4v) is 4.08. The predicted molar refractivity (Wildman–Crippen MR) is 113 cm³/mol. The zero-order valence-electron chi connectivity index (χ0n) is 16.9. The number of hydrogen-bond acceptors (Lipinski definition) is 6. The molecule has 2 aliphatic heterocycles. The quantitative estimate of drug-likeness (QED) is 0.655. The van der Waals surface area contributed by atoms with Crippen LogP contribution in [0.5, 0.6) is 5.75 Å².